The Kier molecular flexibility index (Phi) is 2.72. The maximum Gasteiger partial charge on any atom is 0.417 e. The molecule has 0 aliphatic heterocycles. The normalized spacial score (nSPS) is 9.89. The van der Waals surface area contributed by atoms with Crippen LogP contribution < -0.4 is 0 Å². The third-order valence-corrected chi connectivity index (χ3v) is 0.795. The van der Waals surface area contributed by atoms with Crippen LogP contribution in [0.25, 0.3) is 0 Å². The molecule has 0 saturated carbocycles. The van der Waals surface area contributed by atoms with Crippen LogP contribution in [-0.4, -0.2) is 13.1 Å². The standard InChI is InChI=1S/C6H8NO2/c1-6(2,3-7)4-9-5-8/h4H2,1-2H3. The van der Waals surface area contributed by atoms with E-state index in [2.05, 4.69) is 4.74 Å². The predicted octanol–water partition coefficient (Wildman–Crippen LogP) is 0.620. The van der Waals surface area contributed by atoms with Crippen molar-refractivity contribution in [3.8, 4) is 6.07 Å². The van der Waals surface area contributed by atoms with Crippen LogP contribution in [0.1, 0.15) is 13.8 Å². The minimum atomic E-state index is -0.586. The highest BCUT2D eigenvalue weighted by molar-refractivity contribution is 5.38. The second kappa shape index (κ2) is 3.08. The molecule has 0 atom stereocenters. The molecule has 0 aliphatic carbocycles. The third-order valence-electron chi connectivity index (χ3n) is 0.795. The van der Waals surface area contributed by atoms with Gasteiger partial charge >= 0.3 is 6.47 Å². The average molecular weight is 126 g/mol. The highest BCUT2D eigenvalue weighted by Crippen LogP contribution is 2.11. The Hall–Kier alpha value is -1.04. The predicted molar refractivity (Wildman–Crippen MR) is 31.0 cm³/mol. The number of nitriles is 1. The van der Waals surface area contributed by atoms with E-state index in [9.17, 15) is 4.79 Å². The average Bonchev–Trinajstić information content (AvgIpc) is 1.84. The van der Waals surface area contributed by atoms with Crippen molar-refractivity contribution in [3.63, 3.8) is 0 Å². The Labute approximate surface area is 54.2 Å². The molecule has 0 saturated heterocycles. The summed E-state index contributed by atoms with van der Waals surface area (Å²) in [5.74, 6) is 0. The van der Waals surface area contributed by atoms with Crippen molar-refractivity contribution >= 4 is 6.47 Å². The number of hydrogen-bond donors (Lipinski definition) is 0. The fourth-order valence-corrected chi connectivity index (χ4v) is 0.242. The van der Waals surface area contributed by atoms with Gasteiger partial charge in [-0.25, -0.2) is 4.79 Å². The van der Waals surface area contributed by atoms with Crippen LogP contribution in [0.5, 0.6) is 0 Å². The number of hydrogen-bond acceptors (Lipinski definition) is 3. The molecule has 0 aliphatic rings. The van der Waals surface area contributed by atoms with Crippen molar-refractivity contribution in [2.45, 2.75) is 13.8 Å². The summed E-state index contributed by atoms with van der Waals surface area (Å²) in [7, 11) is 0. The molecule has 0 fully saturated rings. The summed E-state index contributed by atoms with van der Waals surface area (Å²) in [4.78, 5) is 9.51. The van der Waals surface area contributed by atoms with Gasteiger partial charge in [-0.2, -0.15) is 5.26 Å². The number of ether oxygens (including phenoxy) is 1. The number of nitrogens with zero attached hydrogens (tertiary/aromatic N) is 1. The van der Waals surface area contributed by atoms with Crippen molar-refractivity contribution in [2.75, 3.05) is 6.61 Å². The van der Waals surface area contributed by atoms with E-state index >= 15 is 0 Å². The molecule has 0 amide bonds. The van der Waals surface area contributed by atoms with Crippen molar-refractivity contribution in [1.82, 2.24) is 0 Å². The first kappa shape index (κ1) is 7.96. The Morgan fingerprint density at radius 3 is 2.56 bits per heavy atom. The lowest BCUT2D eigenvalue weighted by atomic mass is 9.98. The van der Waals surface area contributed by atoms with Gasteiger partial charge in [0, 0.05) is 0 Å². The summed E-state index contributed by atoms with van der Waals surface area (Å²) in [6.07, 6.45) is 0. The van der Waals surface area contributed by atoms with E-state index in [4.69, 9.17) is 5.26 Å². The van der Waals surface area contributed by atoms with Gasteiger partial charge in [0.2, 0.25) is 0 Å². The zero-order chi connectivity index (χ0) is 7.33. The quantitative estimate of drug-likeness (QED) is 0.557. The summed E-state index contributed by atoms with van der Waals surface area (Å²) in [5.41, 5.74) is -0.586. The molecular weight excluding hydrogens is 118 g/mol. The van der Waals surface area contributed by atoms with Crippen molar-refractivity contribution in [2.24, 2.45) is 5.41 Å². The lowest BCUT2D eigenvalue weighted by molar-refractivity contribution is 0.203. The second-order valence-corrected chi connectivity index (χ2v) is 2.37. The summed E-state index contributed by atoms with van der Waals surface area (Å²) < 4.78 is 4.26. The summed E-state index contributed by atoms with van der Waals surface area (Å²) in [6, 6.07) is 1.97. The molecule has 9 heavy (non-hydrogen) atoms. The van der Waals surface area contributed by atoms with Crippen LogP contribution >= 0.6 is 0 Å². The van der Waals surface area contributed by atoms with Gasteiger partial charge in [-0.05, 0) is 13.8 Å². The van der Waals surface area contributed by atoms with E-state index in [0.717, 1.165) is 0 Å². The minimum Gasteiger partial charge on any atom is -0.456 e. The van der Waals surface area contributed by atoms with Crippen LogP contribution in [0.3, 0.4) is 0 Å². The van der Waals surface area contributed by atoms with E-state index in [-0.39, 0.29) is 6.61 Å². The van der Waals surface area contributed by atoms with Gasteiger partial charge in [0.15, 0.2) is 0 Å². The molecule has 3 heteroatoms. The van der Waals surface area contributed by atoms with E-state index in [0.29, 0.717) is 0 Å². The molecule has 0 rings (SSSR count). The van der Waals surface area contributed by atoms with Crippen LogP contribution in [0.15, 0.2) is 0 Å². The zero-order valence-corrected chi connectivity index (χ0v) is 5.47. The van der Waals surface area contributed by atoms with Crippen LogP contribution in [0, 0.1) is 16.7 Å². The SMILES string of the molecule is CC(C)(C#N)CO[C]=O. The summed E-state index contributed by atoms with van der Waals surface area (Å²) >= 11 is 0. The fourth-order valence-electron chi connectivity index (χ4n) is 0.242. The Morgan fingerprint density at radius 2 is 2.22 bits per heavy atom. The summed E-state index contributed by atoms with van der Waals surface area (Å²) in [5, 5.41) is 8.36. The van der Waals surface area contributed by atoms with Crippen LogP contribution in [0.4, 0.5) is 0 Å². The van der Waals surface area contributed by atoms with Gasteiger partial charge < -0.3 is 4.74 Å². The smallest absolute Gasteiger partial charge is 0.417 e. The maximum absolute atomic E-state index is 9.51. The van der Waals surface area contributed by atoms with Gasteiger partial charge in [-0.15, -0.1) is 0 Å². The van der Waals surface area contributed by atoms with Crippen molar-refractivity contribution < 1.29 is 9.53 Å². The molecule has 0 spiro atoms. The lowest BCUT2D eigenvalue weighted by Crippen LogP contribution is -2.15. The highest BCUT2D eigenvalue weighted by Gasteiger charge is 2.16. The number of carbonyl (C=O) groups excluding carboxylic acids is 1. The molecule has 0 heterocycles. The zero-order valence-electron chi connectivity index (χ0n) is 5.47. The largest absolute Gasteiger partial charge is 0.456 e. The molecule has 0 aromatic rings. The Balaban J connectivity index is 3.61. The molecule has 3 nitrogen and oxygen atoms in total. The van der Waals surface area contributed by atoms with Crippen LogP contribution in [-0.2, 0) is 9.53 Å². The van der Waals surface area contributed by atoms with Gasteiger partial charge in [0.05, 0.1) is 11.5 Å². The van der Waals surface area contributed by atoms with Gasteiger partial charge in [-0.3, -0.25) is 0 Å². The van der Waals surface area contributed by atoms with E-state index in [1.54, 1.807) is 13.8 Å². The molecule has 0 N–H and O–H groups in total. The first-order chi connectivity index (χ1) is 4.12. The Bertz CT molecular complexity index is 134. The van der Waals surface area contributed by atoms with Gasteiger partial charge in [-0.1, -0.05) is 0 Å². The molecular formula is C6H8NO2. The fraction of sp³-hybridized carbons (Fsp3) is 0.667. The van der Waals surface area contributed by atoms with E-state index in [1.807, 2.05) is 6.07 Å². The molecule has 49 valence electrons. The number of rotatable bonds is 3. The molecule has 0 aromatic carbocycles. The van der Waals surface area contributed by atoms with Crippen LogP contribution in [0.2, 0.25) is 0 Å². The minimum absolute atomic E-state index is 0.104. The van der Waals surface area contributed by atoms with Gasteiger partial charge in [0.25, 0.3) is 0 Å². The molecule has 1 radical (unpaired) electrons. The lowest BCUT2D eigenvalue weighted by Gasteiger charge is -2.10. The third kappa shape index (κ3) is 3.53. The van der Waals surface area contributed by atoms with E-state index in [1.165, 1.54) is 6.47 Å². The molecule has 0 unspecified atom stereocenters. The first-order valence-electron chi connectivity index (χ1n) is 2.52. The molecule has 0 aromatic heterocycles. The monoisotopic (exact) mass is 126 g/mol. The van der Waals surface area contributed by atoms with Crippen molar-refractivity contribution in [1.29, 1.82) is 5.26 Å². The molecule has 0 bridgehead atoms. The van der Waals surface area contributed by atoms with Gasteiger partial charge in [0.1, 0.15) is 6.61 Å². The Morgan fingerprint density at radius 1 is 1.67 bits per heavy atom. The van der Waals surface area contributed by atoms with E-state index < -0.39 is 5.41 Å². The second-order valence-electron chi connectivity index (χ2n) is 2.37. The highest BCUT2D eigenvalue weighted by atomic mass is 16.5. The maximum atomic E-state index is 9.51. The first-order valence-corrected chi connectivity index (χ1v) is 2.52. The van der Waals surface area contributed by atoms with Crippen molar-refractivity contribution in [3.05, 3.63) is 0 Å². The summed E-state index contributed by atoms with van der Waals surface area (Å²) in [6.45, 7) is 4.73. The topological polar surface area (TPSA) is 50.1 Å².